The molecule has 1 aliphatic rings. The highest BCUT2D eigenvalue weighted by molar-refractivity contribution is 7.89. The molecule has 140 valence electrons. The predicted octanol–water partition coefficient (Wildman–Crippen LogP) is 1.04. The van der Waals surface area contributed by atoms with Crippen molar-refractivity contribution in [1.29, 1.82) is 0 Å². The van der Waals surface area contributed by atoms with E-state index in [1.54, 1.807) is 0 Å². The monoisotopic (exact) mass is 369 g/mol. The van der Waals surface area contributed by atoms with Crippen molar-refractivity contribution in [3.8, 4) is 0 Å². The lowest BCUT2D eigenvalue weighted by atomic mass is 9.78. The fourth-order valence-corrected chi connectivity index (χ4v) is 4.11. The maximum absolute atomic E-state index is 12.3. The molecule has 25 heavy (non-hydrogen) atoms. The predicted molar refractivity (Wildman–Crippen MR) is 95.7 cm³/mol. The van der Waals surface area contributed by atoms with Gasteiger partial charge in [-0.15, -0.1) is 0 Å². The molecular weight excluding hydrogens is 342 g/mol. The van der Waals surface area contributed by atoms with Crippen molar-refractivity contribution in [1.82, 2.24) is 14.2 Å². The van der Waals surface area contributed by atoms with Gasteiger partial charge in [-0.05, 0) is 24.3 Å². The molecule has 1 fully saturated rings. The van der Waals surface area contributed by atoms with Crippen LogP contribution in [0, 0.1) is 11.8 Å². The van der Waals surface area contributed by atoms with E-state index in [1.165, 1.54) is 32.4 Å². The Morgan fingerprint density at radius 2 is 1.96 bits per heavy atom. The molecule has 1 heterocycles. The van der Waals surface area contributed by atoms with E-state index in [-0.39, 0.29) is 23.4 Å². The minimum absolute atomic E-state index is 0.00967. The number of rotatable bonds is 5. The smallest absolute Gasteiger partial charge is 0.251 e. The van der Waals surface area contributed by atoms with Gasteiger partial charge in [0.25, 0.3) is 5.56 Å². The van der Waals surface area contributed by atoms with Gasteiger partial charge < -0.3 is 9.88 Å². The summed E-state index contributed by atoms with van der Waals surface area (Å²) >= 11 is 0. The molecule has 0 unspecified atom stereocenters. The Morgan fingerprint density at radius 1 is 1.28 bits per heavy atom. The van der Waals surface area contributed by atoms with Crippen LogP contribution in [0.2, 0.25) is 0 Å². The van der Waals surface area contributed by atoms with Crippen LogP contribution in [0.1, 0.15) is 33.1 Å². The molecule has 8 heteroatoms. The second kappa shape index (κ2) is 7.70. The quantitative estimate of drug-likeness (QED) is 0.840. The third-order valence-electron chi connectivity index (χ3n) is 5.10. The van der Waals surface area contributed by atoms with E-state index in [0.717, 1.165) is 28.1 Å². The minimum atomic E-state index is -3.65. The first kappa shape index (κ1) is 19.7. The Kier molecular flexibility index (Phi) is 6.05. The van der Waals surface area contributed by atoms with E-state index in [2.05, 4.69) is 19.2 Å². The summed E-state index contributed by atoms with van der Waals surface area (Å²) < 4.78 is 26.6. The van der Waals surface area contributed by atoms with Gasteiger partial charge in [-0.2, -0.15) is 0 Å². The highest BCUT2D eigenvalue weighted by Gasteiger charge is 2.28. The second-order valence-corrected chi connectivity index (χ2v) is 9.21. The number of hydrogen-bond acceptors (Lipinski definition) is 4. The molecule has 1 aromatic heterocycles. The molecule has 3 atom stereocenters. The normalized spacial score (nSPS) is 24.3. The summed E-state index contributed by atoms with van der Waals surface area (Å²) in [5.74, 6) is 0.665. The van der Waals surface area contributed by atoms with Crippen LogP contribution >= 0.6 is 0 Å². The Balaban J connectivity index is 2.14. The van der Waals surface area contributed by atoms with Crippen molar-refractivity contribution in [3.63, 3.8) is 0 Å². The largest absolute Gasteiger partial charge is 0.352 e. The molecule has 0 aliphatic heterocycles. The number of carbonyl (C=O) groups excluding carboxylic acids is 1. The first-order valence-electron chi connectivity index (χ1n) is 8.55. The summed E-state index contributed by atoms with van der Waals surface area (Å²) in [4.78, 5) is 24.3. The maximum atomic E-state index is 12.3. The van der Waals surface area contributed by atoms with Crippen LogP contribution < -0.4 is 10.9 Å². The van der Waals surface area contributed by atoms with Crippen LogP contribution in [0.4, 0.5) is 0 Å². The van der Waals surface area contributed by atoms with Crippen molar-refractivity contribution < 1.29 is 13.2 Å². The summed E-state index contributed by atoms with van der Waals surface area (Å²) in [6.45, 7) is 4.13. The zero-order valence-electron chi connectivity index (χ0n) is 15.2. The third-order valence-corrected chi connectivity index (χ3v) is 6.90. The van der Waals surface area contributed by atoms with Crippen molar-refractivity contribution in [3.05, 3.63) is 28.7 Å². The van der Waals surface area contributed by atoms with Gasteiger partial charge in [-0.3, -0.25) is 9.59 Å². The summed E-state index contributed by atoms with van der Waals surface area (Å²) in [6, 6.07) is 2.53. The lowest BCUT2D eigenvalue weighted by Crippen LogP contribution is -2.45. The van der Waals surface area contributed by atoms with Gasteiger partial charge in [-0.25, -0.2) is 12.7 Å². The Hall–Kier alpha value is -1.67. The minimum Gasteiger partial charge on any atom is -0.352 e. The molecule has 2 rings (SSSR count). The molecule has 1 N–H and O–H groups in total. The molecule has 0 saturated heterocycles. The summed E-state index contributed by atoms with van der Waals surface area (Å²) in [7, 11) is -0.814. The van der Waals surface area contributed by atoms with E-state index in [0.29, 0.717) is 11.8 Å². The topological polar surface area (TPSA) is 88.5 Å². The van der Waals surface area contributed by atoms with Crippen molar-refractivity contribution in [2.45, 2.75) is 50.6 Å². The first-order valence-corrected chi connectivity index (χ1v) is 9.99. The van der Waals surface area contributed by atoms with Gasteiger partial charge in [0.15, 0.2) is 0 Å². The summed E-state index contributed by atoms with van der Waals surface area (Å²) in [5, 5.41) is 3.00. The molecule has 0 radical (unpaired) electrons. The molecule has 7 nitrogen and oxygen atoms in total. The molecule has 0 aromatic carbocycles. The van der Waals surface area contributed by atoms with Crippen LogP contribution in [-0.2, 0) is 21.4 Å². The standard InChI is InChI=1S/C17H27N3O4S/c1-12-6-5-7-15(13(12)2)18-16(21)11-20-10-14(8-9-17(20)22)25(23,24)19(3)4/h8-10,12-13,15H,5-7,11H2,1-4H3,(H,18,21)/t12-,13-,15-/m1/s1. The highest BCUT2D eigenvalue weighted by Crippen LogP contribution is 2.29. The maximum Gasteiger partial charge on any atom is 0.251 e. The summed E-state index contributed by atoms with van der Waals surface area (Å²) in [6.07, 6.45) is 4.40. The van der Waals surface area contributed by atoms with E-state index < -0.39 is 15.6 Å². The van der Waals surface area contributed by atoms with E-state index in [9.17, 15) is 18.0 Å². The van der Waals surface area contributed by atoms with Crippen LogP contribution in [0.25, 0.3) is 0 Å². The van der Waals surface area contributed by atoms with Gasteiger partial charge in [0, 0.05) is 32.4 Å². The Morgan fingerprint density at radius 3 is 2.60 bits per heavy atom. The van der Waals surface area contributed by atoms with Gasteiger partial charge in [0.05, 0.1) is 4.90 Å². The average Bonchev–Trinajstić information content (AvgIpc) is 2.53. The number of pyridine rings is 1. The first-order chi connectivity index (χ1) is 11.6. The number of hydrogen-bond donors (Lipinski definition) is 1. The van der Waals surface area contributed by atoms with Gasteiger partial charge >= 0.3 is 0 Å². The molecule has 1 aliphatic carbocycles. The average molecular weight is 369 g/mol. The lowest BCUT2D eigenvalue weighted by Gasteiger charge is -2.34. The zero-order valence-corrected chi connectivity index (χ0v) is 16.0. The Labute approximate surface area is 149 Å². The van der Waals surface area contributed by atoms with Gasteiger partial charge in [0.1, 0.15) is 6.54 Å². The third kappa shape index (κ3) is 4.49. The highest BCUT2D eigenvalue weighted by atomic mass is 32.2. The number of nitrogens with zero attached hydrogens (tertiary/aromatic N) is 2. The van der Waals surface area contributed by atoms with Gasteiger partial charge in [0.2, 0.25) is 15.9 Å². The fraction of sp³-hybridized carbons (Fsp3) is 0.647. The number of carbonyl (C=O) groups is 1. The van der Waals surface area contributed by atoms with E-state index in [1.807, 2.05) is 0 Å². The lowest BCUT2D eigenvalue weighted by molar-refractivity contribution is -0.123. The fourth-order valence-electron chi connectivity index (χ4n) is 3.19. The van der Waals surface area contributed by atoms with Crippen LogP contribution in [0.15, 0.2) is 28.0 Å². The second-order valence-electron chi connectivity index (χ2n) is 7.06. The van der Waals surface area contributed by atoms with Crippen LogP contribution in [-0.4, -0.2) is 43.3 Å². The Bertz CT molecular complexity index is 785. The SMILES string of the molecule is C[C@@H]1[C@H](C)CCC[C@H]1NC(=O)Cn1cc(S(=O)(=O)N(C)C)ccc1=O. The van der Waals surface area contributed by atoms with Crippen LogP contribution in [0.5, 0.6) is 0 Å². The number of aromatic nitrogens is 1. The van der Waals surface area contributed by atoms with Crippen molar-refractivity contribution >= 4 is 15.9 Å². The molecule has 0 spiro atoms. The molecule has 1 aromatic rings. The van der Waals surface area contributed by atoms with E-state index in [4.69, 9.17) is 0 Å². The molecular formula is C17H27N3O4S. The van der Waals surface area contributed by atoms with Gasteiger partial charge in [-0.1, -0.05) is 26.7 Å². The van der Waals surface area contributed by atoms with Crippen molar-refractivity contribution in [2.75, 3.05) is 14.1 Å². The van der Waals surface area contributed by atoms with Crippen LogP contribution in [0.3, 0.4) is 0 Å². The summed E-state index contributed by atoms with van der Waals surface area (Å²) in [5.41, 5.74) is -0.405. The molecule has 0 bridgehead atoms. The van der Waals surface area contributed by atoms with Crippen molar-refractivity contribution in [2.24, 2.45) is 11.8 Å². The number of sulfonamides is 1. The van der Waals surface area contributed by atoms with E-state index >= 15 is 0 Å². The molecule has 1 amide bonds. The number of nitrogens with one attached hydrogen (secondary N) is 1. The number of amides is 1. The molecule has 1 saturated carbocycles. The zero-order chi connectivity index (χ0) is 18.8.